The molecule has 4 aromatic rings. The molecule has 1 aliphatic rings. The van der Waals surface area contributed by atoms with E-state index >= 15 is 0 Å². The molecule has 1 N–H and O–H groups in total. The quantitative estimate of drug-likeness (QED) is 0.220. The van der Waals surface area contributed by atoms with E-state index in [2.05, 4.69) is 18.9 Å². The Morgan fingerprint density at radius 3 is 2.46 bits per heavy atom. The number of hydrogen-bond donors (Lipinski definition) is 1. The molecule has 0 amide bonds. The second-order valence-electron chi connectivity index (χ2n) is 11.8. The number of rotatable bonds is 10. The predicted molar refractivity (Wildman–Crippen MR) is 158 cm³/mol. The van der Waals surface area contributed by atoms with Crippen LogP contribution in [0.15, 0.2) is 65.8 Å². The minimum Gasteiger partial charge on any atom is -0.493 e. The molecule has 1 atom stereocenters. The van der Waals surface area contributed by atoms with Gasteiger partial charge in [-0.2, -0.15) is 5.10 Å². The molecular weight excluding hydrogens is 530 g/mol. The van der Waals surface area contributed by atoms with Gasteiger partial charge in [-0.3, -0.25) is 9.36 Å². The summed E-state index contributed by atoms with van der Waals surface area (Å²) in [4.78, 5) is 24.2. The Morgan fingerprint density at radius 2 is 1.82 bits per heavy atom. The van der Waals surface area contributed by atoms with Crippen molar-refractivity contribution in [3.63, 3.8) is 0 Å². The minimum atomic E-state index is -2.31. The molecule has 2 heterocycles. The molecule has 1 fully saturated rings. The molecule has 1 unspecified atom stereocenters. The highest BCUT2D eigenvalue weighted by Crippen LogP contribution is 2.48. The van der Waals surface area contributed by atoms with E-state index < -0.39 is 8.32 Å². The zero-order valence-electron chi connectivity index (χ0n) is 23.1. The largest absolute Gasteiger partial charge is 0.493 e. The van der Waals surface area contributed by atoms with E-state index in [4.69, 9.17) is 21.1 Å². The van der Waals surface area contributed by atoms with Crippen molar-refractivity contribution in [1.29, 1.82) is 0 Å². The average molecular weight is 566 g/mol. The van der Waals surface area contributed by atoms with E-state index in [1.165, 1.54) is 23.7 Å². The topological polar surface area (TPSA) is 78.0 Å². The van der Waals surface area contributed by atoms with Crippen molar-refractivity contribution in [2.45, 2.75) is 51.2 Å². The first-order valence-electron chi connectivity index (χ1n) is 13.4. The second-order valence-corrected chi connectivity index (χ2v) is 16.7. The van der Waals surface area contributed by atoms with Gasteiger partial charge in [-0.15, -0.1) is 0 Å². The number of hydrogen-bond acceptors (Lipinski definition) is 5. The molecule has 0 aliphatic heterocycles. The molecule has 7 nitrogen and oxygen atoms in total. The Morgan fingerprint density at radius 1 is 1.10 bits per heavy atom. The van der Waals surface area contributed by atoms with E-state index in [0.717, 1.165) is 17.5 Å². The smallest absolute Gasteiger partial charge is 0.282 e. The maximum absolute atomic E-state index is 13.4. The zero-order valence-corrected chi connectivity index (χ0v) is 24.9. The number of benzene rings is 2. The molecule has 1 aliphatic carbocycles. The second kappa shape index (κ2) is 10.5. The number of ether oxygens (including phenoxy) is 2. The van der Waals surface area contributed by atoms with Crippen LogP contribution in [-0.2, 0) is 0 Å². The van der Waals surface area contributed by atoms with Crippen molar-refractivity contribution in [2.24, 2.45) is 11.8 Å². The Hall–Kier alpha value is -3.07. The molecule has 0 spiro atoms. The highest BCUT2D eigenvalue weighted by molar-refractivity contribution is 6.72. The Balaban J connectivity index is 1.38. The van der Waals surface area contributed by atoms with E-state index in [1.807, 2.05) is 61.8 Å². The van der Waals surface area contributed by atoms with Crippen LogP contribution in [0.5, 0.6) is 11.5 Å². The summed E-state index contributed by atoms with van der Waals surface area (Å²) in [6.07, 6.45) is 6.71. The summed E-state index contributed by atoms with van der Waals surface area (Å²) >= 11 is 6.02. The van der Waals surface area contributed by atoms with Crippen molar-refractivity contribution in [3.8, 4) is 28.3 Å². The molecule has 0 saturated heterocycles. The van der Waals surface area contributed by atoms with Gasteiger partial charge in [0, 0.05) is 22.8 Å². The molecular formula is C30H36ClN3O4Si. The lowest BCUT2D eigenvalue weighted by Gasteiger charge is -2.38. The molecule has 39 heavy (non-hydrogen) atoms. The van der Waals surface area contributed by atoms with Crippen molar-refractivity contribution in [3.05, 3.63) is 76.4 Å². The summed E-state index contributed by atoms with van der Waals surface area (Å²) in [5, 5.41) is 5.02. The van der Waals surface area contributed by atoms with Crippen LogP contribution in [0.3, 0.4) is 0 Å². The van der Waals surface area contributed by atoms with Crippen LogP contribution in [0.1, 0.15) is 33.1 Å². The molecule has 1 saturated carbocycles. The van der Waals surface area contributed by atoms with Gasteiger partial charge in [0.15, 0.2) is 19.8 Å². The van der Waals surface area contributed by atoms with Gasteiger partial charge in [0.25, 0.3) is 5.56 Å². The molecule has 5 rings (SSSR count). The number of methoxy groups -OCH3 is 1. The van der Waals surface area contributed by atoms with Gasteiger partial charge in [0.1, 0.15) is 11.8 Å². The van der Waals surface area contributed by atoms with Crippen LogP contribution >= 0.6 is 11.6 Å². The van der Waals surface area contributed by atoms with E-state index in [0.29, 0.717) is 46.2 Å². The molecule has 206 valence electrons. The van der Waals surface area contributed by atoms with Gasteiger partial charge in [-0.05, 0) is 85.1 Å². The van der Waals surface area contributed by atoms with Gasteiger partial charge >= 0.3 is 0 Å². The number of halogens is 1. The van der Waals surface area contributed by atoms with Crippen LogP contribution in [0.4, 0.5) is 0 Å². The SMILES string of the molecule is COc1cc(-n2cnn3cc(-c4ccc(Cl)cc4)cc3c2=O)ccc1OCC(CC(C)(C)[Si](C)(C)O)C1CC1. The third kappa shape index (κ3) is 5.78. The van der Waals surface area contributed by atoms with Gasteiger partial charge in [0.05, 0.1) is 19.4 Å². The van der Waals surface area contributed by atoms with Crippen LogP contribution in [0, 0.1) is 11.8 Å². The van der Waals surface area contributed by atoms with Crippen LogP contribution < -0.4 is 15.0 Å². The van der Waals surface area contributed by atoms with Gasteiger partial charge < -0.3 is 14.3 Å². The number of fused-ring (bicyclic) bond motifs is 1. The normalized spacial score (nSPS) is 14.9. The summed E-state index contributed by atoms with van der Waals surface area (Å²) in [7, 11) is -0.707. The number of nitrogens with zero attached hydrogens (tertiary/aromatic N) is 3. The first-order valence-corrected chi connectivity index (χ1v) is 16.7. The first-order chi connectivity index (χ1) is 18.5. The molecule has 2 aromatic carbocycles. The van der Waals surface area contributed by atoms with Crippen molar-refractivity contribution >= 4 is 25.4 Å². The summed E-state index contributed by atoms with van der Waals surface area (Å²) in [5.41, 5.74) is 2.76. The van der Waals surface area contributed by atoms with Gasteiger partial charge in [0.2, 0.25) is 0 Å². The van der Waals surface area contributed by atoms with Crippen LogP contribution in [0.25, 0.3) is 22.3 Å². The molecule has 2 aromatic heterocycles. The predicted octanol–water partition coefficient (Wildman–Crippen LogP) is 6.59. The lowest BCUT2D eigenvalue weighted by atomic mass is 9.92. The summed E-state index contributed by atoms with van der Waals surface area (Å²) in [6, 6.07) is 14.8. The van der Waals surface area contributed by atoms with Crippen molar-refractivity contribution in [1.82, 2.24) is 14.2 Å². The summed E-state index contributed by atoms with van der Waals surface area (Å²) in [5.74, 6) is 2.21. The van der Waals surface area contributed by atoms with Gasteiger partial charge in [-0.1, -0.05) is 37.6 Å². The maximum atomic E-state index is 13.4. The Labute approximate surface area is 235 Å². The van der Waals surface area contributed by atoms with Gasteiger partial charge in [-0.25, -0.2) is 4.52 Å². The van der Waals surface area contributed by atoms with Crippen LogP contribution in [0.2, 0.25) is 23.2 Å². The van der Waals surface area contributed by atoms with Crippen molar-refractivity contribution in [2.75, 3.05) is 13.7 Å². The first kappa shape index (κ1) is 27.5. The third-order valence-electron chi connectivity index (χ3n) is 8.30. The lowest BCUT2D eigenvalue weighted by molar-refractivity contribution is 0.199. The van der Waals surface area contributed by atoms with Crippen molar-refractivity contribution < 1.29 is 14.3 Å². The summed E-state index contributed by atoms with van der Waals surface area (Å²) < 4.78 is 15.1. The van der Waals surface area contributed by atoms with Crippen LogP contribution in [-0.4, -0.2) is 41.0 Å². The molecule has 9 heteroatoms. The highest BCUT2D eigenvalue weighted by Gasteiger charge is 2.43. The minimum absolute atomic E-state index is 0.101. The molecule has 0 bridgehead atoms. The van der Waals surface area contributed by atoms with E-state index in [1.54, 1.807) is 17.7 Å². The lowest BCUT2D eigenvalue weighted by Crippen LogP contribution is -2.41. The monoisotopic (exact) mass is 565 g/mol. The Kier molecular flexibility index (Phi) is 7.39. The fraction of sp³-hybridized carbons (Fsp3) is 0.400. The average Bonchev–Trinajstić information content (AvgIpc) is 3.65. The third-order valence-corrected chi connectivity index (χ3v) is 12.1. The van der Waals surface area contributed by atoms with E-state index in [-0.39, 0.29) is 10.6 Å². The fourth-order valence-electron chi connectivity index (χ4n) is 4.93. The molecule has 0 radical (unpaired) electrons. The standard InChI is InChI=1S/C30H36ClN3O4Si/c1-30(2,39(4,5)36)16-23(21-6-7-21)18-38-27-13-12-25(15-28(27)37-3)33-19-32-34-17-22(14-26(34)29(33)35)20-8-10-24(31)11-9-20/h8-15,17,19,21,23,36H,6-7,16,18H2,1-5H3. The fourth-order valence-corrected chi connectivity index (χ4v) is 5.82. The maximum Gasteiger partial charge on any atom is 0.282 e. The number of aromatic nitrogens is 3. The summed E-state index contributed by atoms with van der Waals surface area (Å²) in [6.45, 7) is 8.95. The van der Waals surface area contributed by atoms with E-state index in [9.17, 15) is 9.59 Å². The highest BCUT2D eigenvalue weighted by atomic mass is 35.5. The Bertz CT molecular complexity index is 1530. The zero-order chi connectivity index (χ0) is 27.9.